The second-order valence-electron chi connectivity index (χ2n) is 4.12. The van der Waals surface area contributed by atoms with E-state index in [2.05, 4.69) is 22.5 Å². The molecule has 0 unspecified atom stereocenters. The number of benzene rings is 1. The number of anilines is 1. The number of rotatable bonds is 4. The summed E-state index contributed by atoms with van der Waals surface area (Å²) < 4.78 is 0. The van der Waals surface area contributed by atoms with Crippen molar-refractivity contribution in [2.45, 2.75) is 19.8 Å². The molecule has 2 aromatic rings. The van der Waals surface area contributed by atoms with E-state index in [1.165, 1.54) is 0 Å². The molecule has 1 heterocycles. The molecule has 0 saturated heterocycles. The van der Waals surface area contributed by atoms with Crippen LogP contribution in [0.2, 0.25) is 0 Å². The van der Waals surface area contributed by atoms with Crippen molar-refractivity contribution in [3.05, 3.63) is 36.5 Å². The molecule has 2 N–H and O–H groups in total. The Morgan fingerprint density at radius 3 is 2.94 bits per heavy atom. The number of para-hydroxylation sites is 1. The van der Waals surface area contributed by atoms with Gasteiger partial charge in [0, 0.05) is 18.1 Å². The molecule has 4 heteroatoms. The van der Waals surface area contributed by atoms with E-state index in [4.69, 9.17) is 12.2 Å². The molecule has 94 valence electrons. The van der Waals surface area contributed by atoms with Gasteiger partial charge in [-0.25, -0.2) is 0 Å². The Labute approximate surface area is 113 Å². The number of hydrogen-bond donors (Lipinski definition) is 2. The van der Waals surface area contributed by atoms with Gasteiger partial charge in [0.25, 0.3) is 0 Å². The zero-order valence-corrected chi connectivity index (χ0v) is 11.3. The minimum atomic E-state index is 0.654. The van der Waals surface area contributed by atoms with E-state index in [0.29, 0.717) is 5.11 Å². The molecule has 0 aliphatic rings. The Balaban J connectivity index is 2.09. The van der Waals surface area contributed by atoms with Crippen LogP contribution in [-0.4, -0.2) is 16.6 Å². The second-order valence-corrected chi connectivity index (χ2v) is 4.52. The van der Waals surface area contributed by atoms with Gasteiger partial charge in [0.1, 0.15) is 0 Å². The lowest BCUT2D eigenvalue weighted by atomic mass is 10.2. The van der Waals surface area contributed by atoms with Crippen LogP contribution >= 0.6 is 12.2 Å². The highest BCUT2D eigenvalue weighted by Crippen LogP contribution is 2.20. The number of thiocarbonyl (C=S) groups is 1. The number of unbranched alkanes of at least 4 members (excludes halogenated alkanes) is 1. The predicted octanol–water partition coefficient (Wildman–Crippen LogP) is 3.32. The fourth-order valence-electron chi connectivity index (χ4n) is 1.75. The monoisotopic (exact) mass is 259 g/mol. The van der Waals surface area contributed by atoms with Crippen molar-refractivity contribution in [1.29, 1.82) is 0 Å². The predicted molar refractivity (Wildman–Crippen MR) is 80.9 cm³/mol. The van der Waals surface area contributed by atoms with Crippen LogP contribution < -0.4 is 10.6 Å². The topological polar surface area (TPSA) is 37.0 Å². The third-order valence-corrected chi connectivity index (χ3v) is 2.94. The lowest BCUT2D eigenvalue weighted by molar-refractivity contribution is 0.758. The van der Waals surface area contributed by atoms with Gasteiger partial charge in [-0.15, -0.1) is 0 Å². The summed E-state index contributed by atoms with van der Waals surface area (Å²) in [6, 6.07) is 10.0. The van der Waals surface area contributed by atoms with E-state index < -0.39 is 0 Å². The largest absolute Gasteiger partial charge is 0.362 e. The van der Waals surface area contributed by atoms with Crippen LogP contribution in [-0.2, 0) is 0 Å². The standard InChI is InChI=1S/C14H17N3S/c1-2-3-9-16-14(18)17-12-8-4-6-11-7-5-10-15-13(11)12/h4-8,10H,2-3,9H2,1H3,(H2,16,17,18). The highest BCUT2D eigenvalue weighted by molar-refractivity contribution is 7.80. The van der Waals surface area contributed by atoms with Crippen LogP contribution in [0.1, 0.15) is 19.8 Å². The zero-order valence-electron chi connectivity index (χ0n) is 10.4. The van der Waals surface area contributed by atoms with E-state index in [0.717, 1.165) is 36.0 Å². The second kappa shape index (κ2) is 6.31. The fourth-order valence-corrected chi connectivity index (χ4v) is 1.96. The molecule has 2 rings (SSSR count). The van der Waals surface area contributed by atoms with Crippen molar-refractivity contribution < 1.29 is 0 Å². The number of pyridine rings is 1. The van der Waals surface area contributed by atoms with Crippen molar-refractivity contribution in [3.63, 3.8) is 0 Å². The summed E-state index contributed by atoms with van der Waals surface area (Å²) in [6.45, 7) is 3.06. The number of nitrogens with zero attached hydrogens (tertiary/aromatic N) is 1. The maximum Gasteiger partial charge on any atom is 0.170 e. The molecular weight excluding hydrogens is 242 g/mol. The summed E-state index contributed by atoms with van der Waals surface area (Å²) in [5.74, 6) is 0. The molecular formula is C14H17N3S. The summed E-state index contributed by atoms with van der Waals surface area (Å²) in [4.78, 5) is 4.38. The highest BCUT2D eigenvalue weighted by Gasteiger charge is 2.02. The molecule has 18 heavy (non-hydrogen) atoms. The van der Waals surface area contributed by atoms with Gasteiger partial charge in [-0.2, -0.15) is 0 Å². The van der Waals surface area contributed by atoms with Crippen LogP contribution in [0.15, 0.2) is 36.5 Å². The van der Waals surface area contributed by atoms with Gasteiger partial charge >= 0.3 is 0 Å². The highest BCUT2D eigenvalue weighted by atomic mass is 32.1. The van der Waals surface area contributed by atoms with E-state index in [9.17, 15) is 0 Å². The summed E-state index contributed by atoms with van der Waals surface area (Å²) in [7, 11) is 0. The molecule has 0 bridgehead atoms. The maximum absolute atomic E-state index is 5.26. The number of nitrogens with one attached hydrogen (secondary N) is 2. The SMILES string of the molecule is CCCCNC(=S)Nc1cccc2cccnc12. The van der Waals surface area contributed by atoms with Crippen LogP contribution in [0.4, 0.5) is 5.69 Å². The lowest BCUT2D eigenvalue weighted by Gasteiger charge is -2.11. The fraction of sp³-hybridized carbons (Fsp3) is 0.286. The minimum absolute atomic E-state index is 0.654. The smallest absolute Gasteiger partial charge is 0.170 e. The zero-order chi connectivity index (χ0) is 12.8. The first-order valence-electron chi connectivity index (χ1n) is 6.20. The van der Waals surface area contributed by atoms with Gasteiger partial charge in [0.05, 0.1) is 11.2 Å². The molecule has 0 saturated carbocycles. The van der Waals surface area contributed by atoms with E-state index in [1.807, 2.05) is 30.3 Å². The van der Waals surface area contributed by atoms with E-state index >= 15 is 0 Å². The van der Waals surface area contributed by atoms with Crippen molar-refractivity contribution >= 4 is 33.9 Å². The van der Waals surface area contributed by atoms with Gasteiger partial charge in [0.2, 0.25) is 0 Å². The summed E-state index contributed by atoms with van der Waals surface area (Å²) in [5, 5.41) is 8.16. The third-order valence-electron chi connectivity index (χ3n) is 2.70. The Hall–Kier alpha value is -1.68. The first-order valence-corrected chi connectivity index (χ1v) is 6.60. The van der Waals surface area contributed by atoms with E-state index in [1.54, 1.807) is 6.20 Å². The Kier molecular flexibility index (Phi) is 4.47. The van der Waals surface area contributed by atoms with Crippen molar-refractivity contribution in [2.75, 3.05) is 11.9 Å². The Morgan fingerprint density at radius 2 is 2.11 bits per heavy atom. The molecule has 0 spiro atoms. The first kappa shape index (κ1) is 12.8. The lowest BCUT2D eigenvalue weighted by Crippen LogP contribution is -2.29. The van der Waals surface area contributed by atoms with Gasteiger partial charge in [0.15, 0.2) is 5.11 Å². The molecule has 0 amide bonds. The molecule has 0 radical (unpaired) electrons. The average molecular weight is 259 g/mol. The number of hydrogen-bond acceptors (Lipinski definition) is 2. The average Bonchev–Trinajstić information content (AvgIpc) is 2.39. The molecule has 0 aliphatic carbocycles. The van der Waals surface area contributed by atoms with Gasteiger partial charge in [-0.05, 0) is 30.8 Å². The number of aromatic nitrogens is 1. The molecule has 0 aliphatic heterocycles. The van der Waals surface area contributed by atoms with Gasteiger partial charge < -0.3 is 10.6 Å². The third kappa shape index (κ3) is 3.17. The summed E-state index contributed by atoms with van der Waals surface area (Å²) in [5.41, 5.74) is 1.89. The quantitative estimate of drug-likeness (QED) is 0.652. The maximum atomic E-state index is 5.26. The minimum Gasteiger partial charge on any atom is -0.362 e. The van der Waals surface area contributed by atoms with Crippen LogP contribution in [0.3, 0.4) is 0 Å². The summed E-state index contributed by atoms with van der Waals surface area (Å²) >= 11 is 5.26. The summed E-state index contributed by atoms with van der Waals surface area (Å²) in [6.07, 6.45) is 4.07. The molecule has 0 fully saturated rings. The van der Waals surface area contributed by atoms with Crippen molar-refractivity contribution in [3.8, 4) is 0 Å². The van der Waals surface area contributed by atoms with Crippen molar-refractivity contribution in [1.82, 2.24) is 10.3 Å². The Morgan fingerprint density at radius 1 is 1.28 bits per heavy atom. The molecule has 1 aromatic carbocycles. The molecule has 3 nitrogen and oxygen atoms in total. The van der Waals surface area contributed by atoms with Gasteiger partial charge in [-0.1, -0.05) is 31.5 Å². The molecule has 0 atom stereocenters. The Bertz CT molecular complexity index is 534. The normalized spacial score (nSPS) is 10.3. The van der Waals surface area contributed by atoms with Crippen LogP contribution in [0.25, 0.3) is 10.9 Å². The number of fused-ring (bicyclic) bond motifs is 1. The van der Waals surface area contributed by atoms with Crippen LogP contribution in [0.5, 0.6) is 0 Å². The van der Waals surface area contributed by atoms with Crippen LogP contribution in [0, 0.1) is 0 Å². The molecule has 1 aromatic heterocycles. The first-order chi connectivity index (χ1) is 8.81. The van der Waals surface area contributed by atoms with Gasteiger partial charge in [-0.3, -0.25) is 4.98 Å². The van der Waals surface area contributed by atoms with Crippen molar-refractivity contribution in [2.24, 2.45) is 0 Å². The van der Waals surface area contributed by atoms with E-state index in [-0.39, 0.29) is 0 Å².